The molecule has 0 aromatic carbocycles. The molecule has 2 unspecified atom stereocenters. The summed E-state index contributed by atoms with van der Waals surface area (Å²) in [6.45, 7) is 1.83. The fraction of sp³-hybridized carbons (Fsp3) is 0.375. The molecule has 0 aliphatic rings. The van der Waals surface area contributed by atoms with Gasteiger partial charge in [-0.3, -0.25) is 0 Å². The molecule has 0 aliphatic carbocycles. The first-order valence-corrected chi connectivity index (χ1v) is 4.54. The van der Waals surface area contributed by atoms with Crippen LogP contribution in [0.4, 0.5) is 0 Å². The van der Waals surface area contributed by atoms with E-state index in [0.717, 1.165) is 5.56 Å². The number of carbonyl (C=O) groups is 1. The zero-order valence-corrected chi connectivity index (χ0v) is 7.78. The minimum atomic E-state index is -1.75. The second-order valence-electron chi connectivity index (χ2n) is 2.75. The highest BCUT2D eigenvalue weighted by molar-refractivity contribution is 7.10. The molecule has 0 bridgehead atoms. The Morgan fingerprint density at radius 3 is 2.54 bits per heavy atom. The highest BCUT2D eigenvalue weighted by Gasteiger charge is 2.25. The van der Waals surface area contributed by atoms with Crippen molar-refractivity contribution in [1.29, 1.82) is 0 Å². The summed E-state index contributed by atoms with van der Waals surface area (Å²) >= 11 is 1.23. The summed E-state index contributed by atoms with van der Waals surface area (Å²) in [6.07, 6.45) is -3.09. The van der Waals surface area contributed by atoms with Crippen molar-refractivity contribution in [2.24, 2.45) is 0 Å². The van der Waals surface area contributed by atoms with Gasteiger partial charge in [0.25, 0.3) is 0 Å². The quantitative estimate of drug-likeness (QED) is 0.668. The molecule has 1 aromatic rings. The van der Waals surface area contributed by atoms with Gasteiger partial charge in [0.1, 0.15) is 6.10 Å². The van der Waals surface area contributed by atoms with Gasteiger partial charge in [-0.15, -0.1) is 11.3 Å². The summed E-state index contributed by atoms with van der Waals surface area (Å²) in [5, 5.41) is 28.6. The number of hydrogen-bond donors (Lipinski definition) is 3. The van der Waals surface area contributed by atoms with E-state index in [0.29, 0.717) is 4.88 Å². The minimum Gasteiger partial charge on any atom is -0.479 e. The lowest BCUT2D eigenvalue weighted by atomic mass is 10.1. The van der Waals surface area contributed by atoms with Crippen molar-refractivity contribution in [3.63, 3.8) is 0 Å². The molecule has 0 radical (unpaired) electrons. The van der Waals surface area contributed by atoms with Gasteiger partial charge in [-0.2, -0.15) is 0 Å². The molecule has 2 atom stereocenters. The topological polar surface area (TPSA) is 77.8 Å². The predicted molar refractivity (Wildman–Crippen MR) is 47.7 cm³/mol. The van der Waals surface area contributed by atoms with Crippen molar-refractivity contribution in [3.05, 3.63) is 21.9 Å². The van der Waals surface area contributed by atoms with Gasteiger partial charge >= 0.3 is 5.97 Å². The van der Waals surface area contributed by atoms with Crippen LogP contribution in [0.1, 0.15) is 16.5 Å². The van der Waals surface area contributed by atoms with Crippen LogP contribution < -0.4 is 0 Å². The number of aliphatic hydroxyl groups is 2. The van der Waals surface area contributed by atoms with Gasteiger partial charge in [0, 0.05) is 4.88 Å². The van der Waals surface area contributed by atoms with E-state index < -0.39 is 18.2 Å². The summed E-state index contributed by atoms with van der Waals surface area (Å²) in [4.78, 5) is 10.8. The van der Waals surface area contributed by atoms with Crippen LogP contribution in [0, 0.1) is 6.92 Å². The summed E-state index contributed by atoms with van der Waals surface area (Å²) in [6, 6.07) is 1.65. The summed E-state index contributed by atoms with van der Waals surface area (Å²) in [7, 11) is 0. The van der Waals surface area contributed by atoms with Gasteiger partial charge in [-0.05, 0) is 23.9 Å². The van der Waals surface area contributed by atoms with E-state index in [-0.39, 0.29) is 0 Å². The first kappa shape index (κ1) is 10.2. The van der Waals surface area contributed by atoms with Crippen molar-refractivity contribution in [2.45, 2.75) is 19.1 Å². The van der Waals surface area contributed by atoms with E-state index in [1.165, 1.54) is 11.3 Å². The van der Waals surface area contributed by atoms with Crippen molar-refractivity contribution in [2.75, 3.05) is 0 Å². The van der Waals surface area contributed by atoms with Gasteiger partial charge in [0.15, 0.2) is 6.10 Å². The maximum Gasteiger partial charge on any atom is 0.335 e. The van der Waals surface area contributed by atoms with E-state index in [9.17, 15) is 9.90 Å². The number of thiophene rings is 1. The van der Waals surface area contributed by atoms with Gasteiger partial charge in [-0.1, -0.05) is 0 Å². The first-order chi connectivity index (χ1) is 6.02. The van der Waals surface area contributed by atoms with Gasteiger partial charge in [0.05, 0.1) is 0 Å². The molecule has 0 fully saturated rings. The van der Waals surface area contributed by atoms with E-state index in [1.807, 2.05) is 6.92 Å². The van der Waals surface area contributed by atoms with Crippen LogP contribution in [0.15, 0.2) is 11.4 Å². The SMILES string of the molecule is Cc1csc(C(O)C(O)C(=O)O)c1. The monoisotopic (exact) mass is 202 g/mol. The van der Waals surface area contributed by atoms with Gasteiger partial charge in [0.2, 0.25) is 0 Å². The standard InChI is InChI=1S/C8H10O4S/c1-4-2-5(13-3-4)6(9)7(10)8(11)12/h2-3,6-7,9-10H,1H3,(H,11,12). The molecule has 13 heavy (non-hydrogen) atoms. The third-order valence-electron chi connectivity index (χ3n) is 1.59. The van der Waals surface area contributed by atoms with Gasteiger partial charge in [-0.25, -0.2) is 4.79 Å². The zero-order valence-electron chi connectivity index (χ0n) is 6.97. The van der Waals surface area contributed by atoms with E-state index in [2.05, 4.69) is 0 Å². The molecule has 0 saturated carbocycles. The van der Waals surface area contributed by atoms with Crippen LogP contribution in [-0.2, 0) is 4.79 Å². The lowest BCUT2D eigenvalue weighted by molar-refractivity contribution is -0.152. The molecule has 0 aliphatic heterocycles. The van der Waals surface area contributed by atoms with Crippen molar-refractivity contribution >= 4 is 17.3 Å². The van der Waals surface area contributed by atoms with Crippen molar-refractivity contribution in [3.8, 4) is 0 Å². The Morgan fingerprint density at radius 1 is 1.54 bits per heavy atom. The molecular formula is C8H10O4S. The number of aliphatic carboxylic acids is 1. The smallest absolute Gasteiger partial charge is 0.335 e. The molecule has 1 aromatic heterocycles. The Labute approximate surface area is 79.1 Å². The zero-order chi connectivity index (χ0) is 10.0. The Morgan fingerprint density at radius 2 is 2.15 bits per heavy atom. The molecule has 5 heteroatoms. The molecule has 0 spiro atoms. The molecule has 4 nitrogen and oxygen atoms in total. The summed E-state index contributed by atoms with van der Waals surface area (Å²) in [5.41, 5.74) is 0.941. The van der Waals surface area contributed by atoms with E-state index in [1.54, 1.807) is 11.4 Å². The number of hydrogen-bond acceptors (Lipinski definition) is 4. The maximum atomic E-state index is 10.3. The summed E-state index contributed by atoms with van der Waals surface area (Å²) < 4.78 is 0. The number of carboxylic acid groups (broad SMARTS) is 1. The van der Waals surface area contributed by atoms with Crippen LogP contribution in [0.25, 0.3) is 0 Å². The molecule has 3 N–H and O–H groups in total. The Kier molecular flexibility index (Phi) is 3.02. The van der Waals surface area contributed by atoms with Crippen LogP contribution >= 0.6 is 11.3 Å². The number of carboxylic acids is 1. The molecule has 1 rings (SSSR count). The van der Waals surface area contributed by atoms with Crippen LogP contribution in [-0.4, -0.2) is 27.4 Å². The lowest BCUT2D eigenvalue weighted by Gasteiger charge is -2.11. The third-order valence-corrected chi connectivity index (χ3v) is 2.72. The number of aryl methyl sites for hydroxylation is 1. The first-order valence-electron chi connectivity index (χ1n) is 3.66. The maximum absolute atomic E-state index is 10.3. The molecule has 0 saturated heterocycles. The fourth-order valence-corrected chi connectivity index (χ4v) is 1.81. The molecule has 1 heterocycles. The van der Waals surface area contributed by atoms with E-state index in [4.69, 9.17) is 10.2 Å². The van der Waals surface area contributed by atoms with Crippen LogP contribution in [0.2, 0.25) is 0 Å². The van der Waals surface area contributed by atoms with Gasteiger partial charge < -0.3 is 15.3 Å². The largest absolute Gasteiger partial charge is 0.479 e. The Balaban J connectivity index is 2.78. The Hall–Kier alpha value is -0.910. The van der Waals surface area contributed by atoms with Crippen molar-refractivity contribution in [1.82, 2.24) is 0 Å². The average Bonchev–Trinajstić information content (AvgIpc) is 2.49. The Bertz CT molecular complexity index is 307. The third kappa shape index (κ3) is 2.27. The van der Waals surface area contributed by atoms with Crippen LogP contribution in [0.3, 0.4) is 0 Å². The van der Waals surface area contributed by atoms with Crippen molar-refractivity contribution < 1.29 is 20.1 Å². The lowest BCUT2D eigenvalue weighted by Crippen LogP contribution is -2.26. The molecule has 72 valence electrons. The number of rotatable bonds is 3. The highest BCUT2D eigenvalue weighted by atomic mass is 32.1. The second-order valence-corrected chi connectivity index (χ2v) is 3.70. The van der Waals surface area contributed by atoms with E-state index >= 15 is 0 Å². The normalized spacial score (nSPS) is 15.3. The average molecular weight is 202 g/mol. The minimum absolute atomic E-state index is 0.465. The molecular weight excluding hydrogens is 192 g/mol. The highest BCUT2D eigenvalue weighted by Crippen LogP contribution is 2.24. The fourth-order valence-electron chi connectivity index (χ4n) is 0.899. The number of aliphatic hydroxyl groups excluding tert-OH is 2. The summed E-state index contributed by atoms with van der Waals surface area (Å²) in [5.74, 6) is -1.42. The van der Waals surface area contributed by atoms with Crippen LogP contribution in [0.5, 0.6) is 0 Å². The molecule has 0 amide bonds. The predicted octanol–water partition coefficient (Wildman–Crippen LogP) is 0.535. The second kappa shape index (κ2) is 3.87.